The molecule has 0 atom stereocenters. The molecule has 0 aliphatic heterocycles. The van der Waals surface area contributed by atoms with E-state index in [1.165, 1.54) is 24.3 Å². The van der Waals surface area contributed by atoms with Crippen LogP contribution in [0.15, 0.2) is 30.3 Å². The number of para-hydroxylation sites is 1. The van der Waals surface area contributed by atoms with Gasteiger partial charge in [0, 0.05) is 23.5 Å². The number of esters is 2. The molecule has 1 N–H and O–H groups in total. The van der Waals surface area contributed by atoms with Crippen molar-refractivity contribution < 1.29 is 28.8 Å². The standard InChI is InChI=1S/C20H20N2O7/c1-4-28-20(25)19-13(3)21-12(2)18(19)16(23)11-29-17(24)10-9-14-7-5-6-8-15(14)22(26)27/h5-10,21H,4,11H2,1-3H3/b10-9+. The van der Waals surface area contributed by atoms with Gasteiger partial charge in [-0.3, -0.25) is 14.9 Å². The number of aromatic amines is 1. The van der Waals surface area contributed by atoms with Crippen molar-refractivity contribution >= 4 is 29.5 Å². The maximum absolute atomic E-state index is 12.5. The van der Waals surface area contributed by atoms with Crippen LogP contribution in [0, 0.1) is 24.0 Å². The summed E-state index contributed by atoms with van der Waals surface area (Å²) < 4.78 is 9.90. The summed E-state index contributed by atoms with van der Waals surface area (Å²) in [5, 5.41) is 11.0. The summed E-state index contributed by atoms with van der Waals surface area (Å²) in [6, 6.07) is 5.89. The lowest BCUT2D eigenvalue weighted by Gasteiger charge is -2.06. The number of nitro benzene ring substituents is 1. The first kappa shape index (κ1) is 21.5. The van der Waals surface area contributed by atoms with Crippen molar-refractivity contribution in [1.29, 1.82) is 0 Å². The fourth-order valence-corrected chi connectivity index (χ4v) is 2.80. The molecule has 1 aromatic carbocycles. The topological polar surface area (TPSA) is 129 Å². The van der Waals surface area contributed by atoms with E-state index in [0.29, 0.717) is 11.4 Å². The second kappa shape index (κ2) is 9.45. The SMILES string of the molecule is CCOC(=O)c1c(C)[nH]c(C)c1C(=O)COC(=O)/C=C/c1ccccc1[N+](=O)[O-]. The molecule has 0 aliphatic carbocycles. The highest BCUT2D eigenvalue weighted by Gasteiger charge is 2.25. The number of carbonyl (C=O) groups is 3. The van der Waals surface area contributed by atoms with Crippen LogP contribution in [0.1, 0.15) is 44.6 Å². The molecule has 9 nitrogen and oxygen atoms in total. The van der Waals surface area contributed by atoms with E-state index in [9.17, 15) is 24.5 Å². The van der Waals surface area contributed by atoms with Gasteiger partial charge in [-0.05, 0) is 32.9 Å². The van der Waals surface area contributed by atoms with Crippen molar-refractivity contribution in [3.05, 3.63) is 68.5 Å². The quantitative estimate of drug-likeness (QED) is 0.237. The van der Waals surface area contributed by atoms with Gasteiger partial charge >= 0.3 is 11.9 Å². The van der Waals surface area contributed by atoms with Crippen LogP contribution in [0.3, 0.4) is 0 Å². The second-order valence-electron chi connectivity index (χ2n) is 6.03. The number of hydrogen-bond acceptors (Lipinski definition) is 7. The van der Waals surface area contributed by atoms with Crippen molar-refractivity contribution in [2.45, 2.75) is 20.8 Å². The number of carbonyl (C=O) groups excluding carboxylic acids is 3. The van der Waals surface area contributed by atoms with Crippen LogP contribution in [-0.4, -0.2) is 40.8 Å². The predicted molar refractivity (Wildman–Crippen MR) is 104 cm³/mol. The number of Topliss-reactive ketones (excluding diaryl/α,β-unsaturated/α-hetero) is 1. The van der Waals surface area contributed by atoms with Gasteiger partial charge in [0.1, 0.15) is 0 Å². The Kier molecular flexibility index (Phi) is 7.02. The van der Waals surface area contributed by atoms with Crippen LogP contribution in [0.2, 0.25) is 0 Å². The number of hydrogen-bond donors (Lipinski definition) is 1. The molecule has 0 saturated carbocycles. The molecule has 2 rings (SSSR count). The van der Waals surface area contributed by atoms with E-state index in [4.69, 9.17) is 9.47 Å². The van der Waals surface area contributed by atoms with E-state index < -0.39 is 29.3 Å². The summed E-state index contributed by atoms with van der Waals surface area (Å²) in [6.07, 6.45) is 2.23. The second-order valence-corrected chi connectivity index (χ2v) is 6.03. The zero-order valence-corrected chi connectivity index (χ0v) is 16.2. The largest absolute Gasteiger partial charge is 0.462 e. The van der Waals surface area contributed by atoms with E-state index in [1.807, 2.05) is 0 Å². The van der Waals surface area contributed by atoms with Crippen molar-refractivity contribution in [3.63, 3.8) is 0 Å². The summed E-state index contributed by atoms with van der Waals surface area (Å²) in [7, 11) is 0. The first-order chi connectivity index (χ1) is 13.8. The van der Waals surface area contributed by atoms with Gasteiger partial charge < -0.3 is 14.5 Å². The molecule has 0 spiro atoms. The Morgan fingerprint density at radius 3 is 2.41 bits per heavy atom. The van der Waals surface area contributed by atoms with Gasteiger partial charge in [0.15, 0.2) is 6.61 Å². The Hall–Kier alpha value is -3.75. The Labute approximate surface area is 166 Å². The molecule has 1 heterocycles. The molecule has 9 heteroatoms. The Balaban J connectivity index is 2.09. The number of benzene rings is 1. The fourth-order valence-electron chi connectivity index (χ4n) is 2.80. The van der Waals surface area contributed by atoms with Gasteiger partial charge in [-0.15, -0.1) is 0 Å². The molecular formula is C20H20N2O7. The van der Waals surface area contributed by atoms with E-state index in [2.05, 4.69) is 4.98 Å². The van der Waals surface area contributed by atoms with Gasteiger partial charge in [0.25, 0.3) is 5.69 Å². The van der Waals surface area contributed by atoms with Gasteiger partial charge in [0.2, 0.25) is 5.78 Å². The summed E-state index contributed by atoms with van der Waals surface area (Å²) in [5.41, 5.74) is 1.22. The highest BCUT2D eigenvalue weighted by molar-refractivity contribution is 6.09. The smallest absolute Gasteiger partial charge is 0.340 e. The lowest BCUT2D eigenvalue weighted by Crippen LogP contribution is -2.17. The van der Waals surface area contributed by atoms with Gasteiger partial charge in [-0.25, -0.2) is 9.59 Å². The summed E-state index contributed by atoms with van der Waals surface area (Å²) in [4.78, 5) is 49.9. The molecule has 0 aliphatic rings. The van der Waals surface area contributed by atoms with Gasteiger partial charge in [-0.1, -0.05) is 12.1 Å². The third-order valence-electron chi connectivity index (χ3n) is 4.01. The fraction of sp³-hybridized carbons (Fsp3) is 0.250. The van der Waals surface area contributed by atoms with Crippen LogP contribution in [0.5, 0.6) is 0 Å². The molecule has 0 amide bonds. The number of rotatable bonds is 8. The number of ketones is 1. The highest BCUT2D eigenvalue weighted by atomic mass is 16.6. The number of ether oxygens (including phenoxy) is 2. The number of aryl methyl sites for hydroxylation is 2. The third-order valence-corrected chi connectivity index (χ3v) is 4.01. The minimum Gasteiger partial charge on any atom is -0.462 e. The average molecular weight is 400 g/mol. The third kappa shape index (κ3) is 5.16. The molecule has 0 radical (unpaired) electrons. The highest BCUT2D eigenvalue weighted by Crippen LogP contribution is 2.21. The van der Waals surface area contributed by atoms with Crippen molar-refractivity contribution in [3.8, 4) is 0 Å². The van der Waals surface area contributed by atoms with Gasteiger partial charge in [-0.2, -0.15) is 0 Å². The molecule has 2 aromatic rings. The molecule has 0 unspecified atom stereocenters. The summed E-state index contributed by atoms with van der Waals surface area (Å²) >= 11 is 0. The molecule has 0 fully saturated rings. The molecule has 0 saturated heterocycles. The molecule has 0 bridgehead atoms. The van der Waals surface area contributed by atoms with Crippen LogP contribution >= 0.6 is 0 Å². The van der Waals surface area contributed by atoms with Crippen molar-refractivity contribution in [1.82, 2.24) is 4.98 Å². The molecular weight excluding hydrogens is 380 g/mol. The number of nitro groups is 1. The predicted octanol–water partition coefficient (Wildman–Crippen LogP) is 3.16. The average Bonchev–Trinajstić information content (AvgIpc) is 2.98. The molecule has 152 valence electrons. The summed E-state index contributed by atoms with van der Waals surface area (Å²) in [5.74, 6) is -2.05. The van der Waals surface area contributed by atoms with Crippen LogP contribution < -0.4 is 0 Å². The van der Waals surface area contributed by atoms with Gasteiger partial charge in [0.05, 0.1) is 28.2 Å². The van der Waals surface area contributed by atoms with E-state index in [0.717, 1.165) is 6.08 Å². The first-order valence-electron chi connectivity index (χ1n) is 8.74. The van der Waals surface area contributed by atoms with Crippen molar-refractivity contribution in [2.24, 2.45) is 0 Å². The lowest BCUT2D eigenvalue weighted by molar-refractivity contribution is -0.385. The summed E-state index contributed by atoms with van der Waals surface area (Å²) in [6.45, 7) is 4.47. The molecule has 1 aromatic heterocycles. The zero-order chi connectivity index (χ0) is 21.6. The maximum Gasteiger partial charge on any atom is 0.340 e. The van der Waals surface area contributed by atoms with E-state index in [1.54, 1.807) is 26.8 Å². The Morgan fingerprint density at radius 1 is 1.10 bits per heavy atom. The number of nitrogens with zero attached hydrogens (tertiary/aromatic N) is 1. The molecule has 29 heavy (non-hydrogen) atoms. The van der Waals surface area contributed by atoms with Crippen LogP contribution in [-0.2, 0) is 14.3 Å². The van der Waals surface area contributed by atoms with Crippen LogP contribution in [0.4, 0.5) is 5.69 Å². The Morgan fingerprint density at radius 2 is 1.76 bits per heavy atom. The maximum atomic E-state index is 12.5. The van der Waals surface area contributed by atoms with Crippen LogP contribution in [0.25, 0.3) is 6.08 Å². The minimum atomic E-state index is -0.848. The number of H-pyrrole nitrogens is 1. The first-order valence-corrected chi connectivity index (χ1v) is 8.74. The Bertz CT molecular complexity index is 989. The number of nitrogens with one attached hydrogen (secondary N) is 1. The zero-order valence-electron chi connectivity index (χ0n) is 16.2. The normalized spacial score (nSPS) is 10.7. The lowest BCUT2D eigenvalue weighted by atomic mass is 10.1. The van der Waals surface area contributed by atoms with Crippen molar-refractivity contribution in [2.75, 3.05) is 13.2 Å². The van der Waals surface area contributed by atoms with E-state index in [-0.39, 0.29) is 29.0 Å². The monoisotopic (exact) mass is 400 g/mol. The minimum absolute atomic E-state index is 0.108. The number of aromatic nitrogens is 1. The van der Waals surface area contributed by atoms with E-state index >= 15 is 0 Å².